The van der Waals surface area contributed by atoms with E-state index in [1.54, 1.807) is 71.6 Å². The van der Waals surface area contributed by atoms with Crippen LogP contribution in [0.4, 0.5) is 20.5 Å². The average molecular weight is 768 g/mol. The molecule has 0 radical (unpaired) electrons. The fourth-order valence-corrected chi connectivity index (χ4v) is 6.16. The van der Waals surface area contributed by atoms with Gasteiger partial charge in [-0.2, -0.15) is 8.78 Å². The molecular weight excluding hydrogens is 744 g/mol. The second-order valence-electron chi connectivity index (χ2n) is 10.1. The van der Waals surface area contributed by atoms with Crippen LogP contribution in [-0.4, -0.2) is 27.8 Å². The van der Waals surface area contributed by atoms with Crippen LogP contribution in [0.1, 0.15) is 22.8 Å². The fraction of sp³-hybridized carbons (Fsp3) is 0.125. The second-order valence-corrected chi connectivity index (χ2v) is 13.4. The van der Waals surface area contributed by atoms with Crippen molar-refractivity contribution in [3.8, 4) is 17.1 Å². The van der Waals surface area contributed by atoms with Gasteiger partial charge in [-0.25, -0.2) is 9.78 Å². The van der Waals surface area contributed by atoms with Crippen molar-refractivity contribution in [1.29, 1.82) is 0 Å². The standard InChI is InChI=1S/C32H24BrCl2F2N2O7P/c1-44-30(40)29(20-6-3-2-4-7-20)45-23-9-5-8-21(15-23)28-17-38-31(46-28)39(22-11-13-26(34)27(35)16-22)18-19-10-12-24(25(33)14-19)32(36,37)47(41,42)43/h2-17,29H,18H2,1H3,(H2,41,42,43). The van der Waals surface area contributed by atoms with Crippen molar-refractivity contribution in [1.82, 2.24) is 4.98 Å². The minimum absolute atomic E-state index is 0.0132. The Morgan fingerprint density at radius 3 is 2.43 bits per heavy atom. The summed E-state index contributed by atoms with van der Waals surface area (Å²) in [5, 5.41) is 0.537. The SMILES string of the molecule is COC(=O)C(Oc1cccc(-c2cnc(N(Cc3ccc(C(F)(F)P(=O)(O)O)c(Br)c3)c3ccc(Cl)c(Cl)c3)o2)c1)c1ccccc1. The zero-order valence-corrected chi connectivity index (χ0v) is 28.2. The molecule has 15 heteroatoms. The number of carbonyl (C=O) groups is 1. The molecule has 0 amide bonds. The Kier molecular flexibility index (Phi) is 10.4. The zero-order valence-electron chi connectivity index (χ0n) is 24.2. The van der Waals surface area contributed by atoms with Crippen molar-refractivity contribution in [2.45, 2.75) is 18.3 Å². The second kappa shape index (κ2) is 14.1. The molecule has 1 atom stereocenters. The molecule has 0 saturated carbocycles. The van der Waals surface area contributed by atoms with E-state index < -0.39 is 30.9 Å². The molecule has 47 heavy (non-hydrogen) atoms. The van der Waals surface area contributed by atoms with E-state index in [2.05, 4.69) is 20.9 Å². The van der Waals surface area contributed by atoms with Crippen LogP contribution in [0.15, 0.2) is 106 Å². The van der Waals surface area contributed by atoms with Gasteiger partial charge >= 0.3 is 25.2 Å². The van der Waals surface area contributed by atoms with Gasteiger partial charge in [0.05, 0.1) is 29.9 Å². The lowest BCUT2D eigenvalue weighted by molar-refractivity contribution is -0.149. The molecule has 2 N–H and O–H groups in total. The Labute approximate surface area is 286 Å². The largest absolute Gasteiger partial charge is 0.474 e. The summed E-state index contributed by atoms with van der Waals surface area (Å²) in [4.78, 5) is 37.0. The van der Waals surface area contributed by atoms with Gasteiger partial charge in [0.2, 0.25) is 6.10 Å². The van der Waals surface area contributed by atoms with Crippen LogP contribution in [-0.2, 0) is 26.3 Å². The van der Waals surface area contributed by atoms with Gasteiger partial charge in [0.25, 0.3) is 0 Å². The number of methoxy groups -OCH3 is 1. The predicted octanol–water partition coefficient (Wildman–Crippen LogP) is 9.27. The first-order valence-electron chi connectivity index (χ1n) is 13.6. The quantitative estimate of drug-likeness (QED) is 0.100. The van der Waals surface area contributed by atoms with Crippen molar-refractivity contribution in [2.24, 2.45) is 0 Å². The van der Waals surface area contributed by atoms with Crippen LogP contribution < -0.4 is 9.64 Å². The van der Waals surface area contributed by atoms with Gasteiger partial charge < -0.3 is 23.7 Å². The first-order valence-corrected chi connectivity index (χ1v) is 16.7. The highest BCUT2D eigenvalue weighted by Crippen LogP contribution is 2.60. The lowest BCUT2D eigenvalue weighted by Crippen LogP contribution is -2.20. The maximum atomic E-state index is 14.4. The van der Waals surface area contributed by atoms with Crippen LogP contribution in [0.2, 0.25) is 10.0 Å². The summed E-state index contributed by atoms with van der Waals surface area (Å²) in [6.07, 6.45) is 0.465. The van der Waals surface area contributed by atoms with Gasteiger partial charge in [0, 0.05) is 26.9 Å². The first-order chi connectivity index (χ1) is 22.3. The summed E-state index contributed by atoms with van der Waals surface area (Å²) in [7, 11) is -4.51. The van der Waals surface area contributed by atoms with E-state index in [4.69, 9.17) is 37.1 Å². The Morgan fingerprint density at radius 1 is 1.02 bits per heavy atom. The van der Waals surface area contributed by atoms with Crippen LogP contribution in [0.3, 0.4) is 0 Å². The van der Waals surface area contributed by atoms with E-state index in [1.807, 2.05) is 6.07 Å². The molecule has 0 aliphatic rings. The van der Waals surface area contributed by atoms with E-state index in [9.17, 15) is 27.9 Å². The van der Waals surface area contributed by atoms with Gasteiger partial charge in [-0.3, -0.25) is 9.46 Å². The molecule has 244 valence electrons. The van der Waals surface area contributed by atoms with Gasteiger partial charge in [-0.05, 0) is 42.0 Å². The topological polar surface area (TPSA) is 122 Å². The zero-order chi connectivity index (χ0) is 33.9. The van der Waals surface area contributed by atoms with Gasteiger partial charge in [0.15, 0.2) is 5.76 Å². The van der Waals surface area contributed by atoms with Crippen molar-refractivity contribution in [2.75, 3.05) is 12.0 Å². The van der Waals surface area contributed by atoms with E-state index in [-0.39, 0.29) is 22.1 Å². The summed E-state index contributed by atoms with van der Waals surface area (Å²) in [6.45, 7) is 0.0132. The lowest BCUT2D eigenvalue weighted by Gasteiger charge is -2.23. The number of benzene rings is 4. The minimum Gasteiger partial charge on any atom is -0.474 e. The number of anilines is 2. The molecule has 1 unspecified atom stereocenters. The molecular formula is C32H24BrCl2F2N2O7P. The van der Waals surface area contributed by atoms with E-state index in [0.717, 1.165) is 6.07 Å². The third kappa shape index (κ3) is 7.70. The molecule has 5 aromatic rings. The number of ether oxygens (including phenoxy) is 2. The number of halogens is 5. The Bertz CT molecular complexity index is 1960. The minimum atomic E-state index is -5.78. The summed E-state index contributed by atoms with van der Waals surface area (Å²) >= 11 is 15.5. The molecule has 9 nitrogen and oxygen atoms in total. The number of hydrogen-bond donors (Lipinski definition) is 2. The Morgan fingerprint density at radius 2 is 1.77 bits per heavy atom. The molecule has 0 aliphatic carbocycles. The Hall–Kier alpha value is -3.77. The molecule has 0 fully saturated rings. The monoisotopic (exact) mass is 766 g/mol. The summed E-state index contributed by atoms with van der Waals surface area (Å²) in [5.41, 5.74) is -3.14. The fourth-order valence-electron chi connectivity index (χ4n) is 4.53. The smallest absolute Gasteiger partial charge is 0.399 e. The van der Waals surface area contributed by atoms with Crippen molar-refractivity contribution >= 4 is 64.4 Å². The van der Waals surface area contributed by atoms with Gasteiger partial charge in [-0.1, -0.05) is 93.7 Å². The number of aromatic nitrogens is 1. The number of esters is 1. The highest BCUT2D eigenvalue weighted by atomic mass is 79.9. The Balaban J connectivity index is 1.47. The van der Waals surface area contributed by atoms with Crippen molar-refractivity contribution in [3.05, 3.63) is 128 Å². The number of carbonyl (C=O) groups excluding carboxylic acids is 1. The summed E-state index contributed by atoms with van der Waals surface area (Å²) in [6, 6.07) is 24.2. The number of hydrogen-bond acceptors (Lipinski definition) is 7. The number of alkyl halides is 2. The maximum Gasteiger partial charge on any atom is 0.399 e. The molecule has 0 bridgehead atoms. The molecule has 5 rings (SSSR count). The van der Waals surface area contributed by atoms with Gasteiger partial charge in [-0.15, -0.1) is 0 Å². The van der Waals surface area contributed by atoms with Crippen molar-refractivity contribution < 1.29 is 41.8 Å². The summed E-state index contributed by atoms with van der Waals surface area (Å²) in [5.74, 6) is 0.117. The molecule has 4 aromatic carbocycles. The first kappa shape index (κ1) is 34.6. The van der Waals surface area contributed by atoms with Gasteiger partial charge in [0.1, 0.15) is 5.75 Å². The average Bonchev–Trinajstić information content (AvgIpc) is 3.54. The lowest BCUT2D eigenvalue weighted by atomic mass is 10.1. The van der Waals surface area contributed by atoms with Crippen LogP contribution in [0, 0.1) is 0 Å². The molecule has 0 spiro atoms. The highest BCUT2D eigenvalue weighted by Gasteiger charge is 2.51. The van der Waals surface area contributed by atoms with Crippen molar-refractivity contribution in [3.63, 3.8) is 0 Å². The third-order valence-electron chi connectivity index (χ3n) is 6.89. The third-order valence-corrected chi connectivity index (χ3v) is 9.26. The van der Waals surface area contributed by atoms with Crippen LogP contribution in [0.5, 0.6) is 5.75 Å². The number of oxazole rings is 1. The highest BCUT2D eigenvalue weighted by molar-refractivity contribution is 9.10. The molecule has 1 heterocycles. The van der Waals surface area contributed by atoms with E-state index >= 15 is 0 Å². The molecule has 1 aromatic heterocycles. The molecule has 0 aliphatic heterocycles. The predicted molar refractivity (Wildman–Crippen MR) is 176 cm³/mol. The number of nitrogens with zero attached hydrogens (tertiary/aromatic N) is 2. The van der Waals surface area contributed by atoms with E-state index in [0.29, 0.717) is 38.9 Å². The normalized spacial score (nSPS) is 12.4. The van der Waals surface area contributed by atoms with E-state index in [1.165, 1.54) is 25.4 Å². The molecule has 0 saturated heterocycles. The summed E-state index contributed by atoms with van der Waals surface area (Å²) < 4.78 is 57.3. The van der Waals surface area contributed by atoms with Crippen LogP contribution >= 0.6 is 46.7 Å². The van der Waals surface area contributed by atoms with Crippen LogP contribution in [0.25, 0.3) is 11.3 Å². The number of rotatable bonds is 11. The maximum absolute atomic E-state index is 14.4.